The molecule has 0 spiro atoms. The van der Waals surface area contributed by atoms with E-state index in [-0.39, 0.29) is 11.6 Å². The van der Waals surface area contributed by atoms with Gasteiger partial charge in [0.15, 0.2) is 0 Å². The minimum Gasteiger partial charge on any atom is -0.207 e. The summed E-state index contributed by atoms with van der Waals surface area (Å²) in [4.78, 5) is 0. The maximum absolute atomic E-state index is 16.3. The Labute approximate surface area is 327 Å². The van der Waals surface area contributed by atoms with Crippen molar-refractivity contribution in [2.24, 2.45) is 0 Å². The summed E-state index contributed by atoms with van der Waals surface area (Å²) >= 11 is 0. The summed E-state index contributed by atoms with van der Waals surface area (Å²) in [6.45, 7) is 8.01. The Hall–Kier alpha value is -6.64. The number of rotatable bonds is 6. The van der Waals surface area contributed by atoms with Gasteiger partial charge < -0.3 is 0 Å². The molecule has 9 aromatic carbocycles. The van der Waals surface area contributed by atoms with Crippen LogP contribution in [0.15, 0.2) is 170 Å². The van der Waals surface area contributed by atoms with Gasteiger partial charge in [-0.1, -0.05) is 133 Å². The molecule has 0 aliphatic heterocycles. The molecule has 0 bridgehead atoms. The molecule has 0 saturated heterocycles. The van der Waals surface area contributed by atoms with Gasteiger partial charge in [-0.05, 0) is 175 Å². The minimum absolute atomic E-state index is 0.258. The molecule has 0 radical (unpaired) electrons. The largest absolute Gasteiger partial charge is 0.207 e. The Morgan fingerprint density at radius 1 is 0.286 bits per heavy atom. The fraction of sp³-hybridized carbons (Fsp3) is 0.0741. The summed E-state index contributed by atoms with van der Waals surface area (Å²) in [7, 11) is 0. The predicted octanol–water partition coefficient (Wildman–Crippen LogP) is 15.5. The molecule has 56 heavy (non-hydrogen) atoms. The number of aryl methyl sites for hydroxylation is 2. The first-order valence-electron chi connectivity index (χ1n) is 19.1. The van der Waals surface area contributed by atoms with Gasteiger partial charge in [0.25, 0.3) is 0 Å². The zero-order chi connectivity index (χ0) is 38.5. The van der Waals surface area contributed by atoms with Crippen LogP contribution in [0.25, 0.3) is 88.3 Å². The van der Waals surface area contributed by atoms with Crippen LogP contribution in [0.1, 0.15) is 22.3 Å². The molecule has 0 atom stereocenters. The SMILES string of the molecule is Cc1ccccc1-c1ccc2c(-c3cc(-c4ccccc4)cc(F)c3C)c3cc(-c4ccccc4C)ccc3c(-c3cc(-c4ccccc4)cc(F)c3C)c2c1. The van der Waals surface area contributed by atoms with Crippen molar-refractivity contribution in [1.82, 2.24) is 0 Å². The molecule has 9 rings (SSSR count). The second-order valence-electron chi connectivity index (χ2n) is 14.9. The van der Waals surface area contributed by atoms with E-state index in [1.165, 1.54) is 11.1 Å². The number of hydrogen-bond donors (Lipinski definition) is 0. The maximum Gasteiger partial charge on any atom is 0.127 e. The first-order chi connectivity index (χ1) is 27.3. The number of fused-ring (bicyclic) bond motifs is 2. The Balaban J connectivity index is 1.47. The summed E-state index contributed by atoms with van der Waals surface area (Å²) in [6, 6.07) is 57.6. The third kappa shape index (κ3) is 6.08. The van der Waals surface area contributed by atoms with Crippen molar-refractivity contribution in [2.75, 3.05) is 0 Å². The van der Waals surface area contributed by atoms with E-state index >= 15 is 8.78 Å². The highest BCUT2D eigenvalue weighted by molar-refractivity contribution is 6.23. The Morgan fingerprint density at radius 2 is 0.661 bits per heavy atom. The molecule has 9 aromatic rings. The average Bonchev–Trinajstić information content (AvgIpc) is 3.23. The topological polar surface area (TPSA) is 0 Å². The fourth-order valence-corrected chi connectivity index (χ4v) is 8.41. The van der Waals surface area contributed by atoms with E-state index in [0.717, 1.165) is 88.3 Å². The molecule has 0 nitrogen and oxygen atoms in total. The third-order valence-electron chi connectivity index (χ3n) is 11.5. The molecule has 2 heteroatoms. The monoisotopic (exact) mass is 726 g/mol. The summed E-state index contributed by atoms with van der Waals surface area (Å²) in [5.74, 6) is -0.515. The maximum atomic E-state index is 16.3. The van der Waals surface area contributed by atoms with Crippen molar-refractivity contribution < 1.29 is 8.78 Å². The number of benzene rings is 9. The van der Waals surface area contributed by atoms with E-state index in [1.807, 2.05) is 74.5 Å². The molecule has 0 unspecified atom stereocenters. The van der Waals surface area contributed by atoms with Gasteiger partial charge in [0.2, 0.25) is 0 Å². The average molecular weight is 727 g/mol. The number of hydrogen-bond acceptors (Lipinski definition) is 0. The van der Waals surface area contributed by atoms with Crippen LogP contribution < -0.4 is 0 Å². The van der Waals surface area contributed by atoms with Crippen molar-refractivity contribution in [3.8, 4) is 66.8 Å². The lowest BCUT2D eigenvalue weighted by Crippen LogP contribution is -1.98. The lowest BCUT2D eigenvalue weighted by molar-refractivity contribution is 0.619. The van der Waals surface area contributed by atoms with E-state index in [1.54, 1.807) is 12.1 Å². The molecule has 0 aliphatic carbocycles. The van der Waals surface area contributed by atoms with Crippen LogP contribution in [0.4, 0.5) is 8.78 Å². The summed E-state index contributed by atoms with van der Waals surface area (Å²) < 4.78 is 32.7. The normalized spacial score (nSPS) is 11.4. The van der Waals surface area contributed by atoms with Crippen molar-refractivity contribution in [2.45, 2.75) is 27.7 Å². The smallest absolute Gasteiger partial charge is 0.127 e. The molecule has 0 N–H and O–H groups in total. The van der Waals surface area contributed by atoms with Crippen LogP contribution in [-0.2, 0) is 0 Å². The Morgan fingerprint density at radius 3 is 1.05 bits per heavy atom. The zero-order valence-electron chi connectivity index (χ0n) is 31.9. The van der Waals surface area contributed by atoms with Crippen molar-refractivity contribution in [3.63, 3.8) is 0 Å². The fourth-order valence-electron chi connectivity index (χ4n) is 8.41. The van der Waals surface area contributed by atoms with Gasteiger partial charge in [-0.2, -0.15) is 0 Å². The quantitative estimate of drug-likeness (QED) is 0.150. The first kappa shape index (κ1) is 35.1. The van der Waals surface area contributed by atoms with Crippen molar-refractivity contribution in [3.05, 3.63) is 204 Å². The molecule has 0 amide bonds. The molecular formula is C54H40F2. The Kier molecular flexibility index (Phi) is 8.90. The first-order valence-corrected chi connectivity index (χ1v) is 19.1. The highest BCUT2D eigenvalue weighted by Gasteiger charge is 2.23. The predicted molar refractivity (Wildman–Crippen MR) is 233 cm³/mol. The summed E-state index contributed by atoms with van der Waals surface area (Å²) in [6.07, 6.45) is 0. The molecule has 0 heterocycles. The van der Waals surface area contributed by atoms with Gasteiger partial charge >= 0.3 is 0 Å². The van der Waals surface area contributed by atoms with E-state index in [0.29, 0.717) is 11.1 Å². The van der Waals surface area contributed by atoms with E-state index < -0.39 is 0 Å². The van der Waals surface area contributed by atoms with Gasteiger partial charge in [-0.25, -0.2) is 8.78 Å². The second-order valence-corrected chi connectivity index (χ2v) is 14.9. The van der Waals surface area contributed by atoms with E-state index in [2.05, 4.69) is 111 Å². The highest BCUT2D eigenvalue weighted by Crippen LogP contribution is 2.49. The molecular weight excluding hydrogens is 687 g/mol. The second kappa shape index (κ2) is 14.2. The van der Waals surface area contributed by atoms with Gasteiger partial charge in [0.1, 0.15) is 11.6 Å². The zero-order valence-corrected chi connectivity index (χ0v) is 31.9. The Bertz CT molecular complexity index is 2750. The van der Waals surface area contributed by atoms with Crippen LogP contribution in [0.3, 0.4) is 0 Å². The van der Waals surface area contributed by atoms with Crippen molar-refractivity contribution >= 4 is 21.5 Å². The van der Waals surface area contributed by atoms with Crippen LogP contribution in [-0.4, -0.2) is 0 Å². The van der Waals surface area contributed by atoms with Crippen LogP contribution in [0.2, 0.25) is 0 Å². The standard InChI is InChI=1S/C54H40F2/c1-33-15-11-13-21-43(33)39-23-25-45-49(27-39)53(47-29-41(31-51(55)35(47)3)37-17-7-5-8-18-37)46-26-24-40(44-22-14-12-16-34(44)2)28-50(46)54(45)48-30-42(32-52(56)36(48)4)38-19-9-6-10-20-38/h5-32H,1-4H3. The van der Waals surface area contributed by atoms with E-state index in [4.69, 9.17) is 0 Å². The van der Waals surface area contributed by atoms with Crippen LogP contribution in [0.5, 0.6) is 0 Å². The lowest BCUT2D eigenvalue weighted by Gasteiger charge is -2.23. The molecule has 0 saturated carbocycles. The van der Waals surface area contributed by atoms with Gasteiger partial charge in [0.05, 0.1) is 0 Å². The molecule has 270 valence electrons. The molecule has 0 fully saturated rings. The van der Waals surface area contributed by atoms with Crippen LogP contribution >= 0.6 is 0 Å². The third-order valence-corrected chi connectivity index (χ3v) is 11.5. The van der Waals surface area contributed by atoms with Gasteiger partial charge in [-0.15, -0.1) is 0 Å². The summed E-state index contributed by atoms with van der Waals surface area (Å²) in [5, 5.41) is 3.91. The number of halogens is 2. The molecule has 0 aromatic heterocycles. The molecule has 0 aliphatic rings. The van der Waals surface area contributed by atoms with E-state index in [9.17, 15) is 0 Å². The van der Waals surface area contributed by atoms with Gasteiger partial charge in [0, 0.05) is 0 Å². The summed E-state index contributed by atoms with van der Waals surface area (Å²) in [5.41, 5.74) is 15.0. The minimum atomic E-state index is -0.258. The van der Waals surface area contributed by atoms with Crippen LogP contribution in [0, 0.1) is 39.3 Å². The van der Waals surface area contributed by atoms with Crippen molar-refractivity contribution in [1.29, 1.82) is 0 Å². The highest BCUT2D eigenvalue weighted by atomic mass is 19.1. The van der Waals surface area contributed by atoms with Gasteiger partial charge in [-0.3, -0.25) is 0 Å². The lowest BCUT2D eigenvalue weighted by atomic mass is 9.81.